The van der Waals surface area contributed by atoms with Crippen LogP contribution in [0.1, 0.15) is 72.4 Å². The van der Waals surface area contributed by atoms with Crippen LogP contribution in [-0.4, -0.2) is 76.5 Å². The van der Waals surface area contributed by atoms with E-state index in [1.807, 2.05) is 0 Å². The Morgan fingerprint density at radius 1 is 1.15 bits per heavy atom. The van der Waals surface area contributed by atoms with Gasteiger partial charge in [0, 0.05) is 24.3 Å². The van der Waals surface area contributed by atoms with E-state index < -0.39 is 77.0 Å². The van der Waals surface area contributed by atoms with Gasteiger partial charge in [-0.1, -0.05) is 27.7 Å². The van der Waals surface area contributed by atoms with Crippen LogP contribution < -0.4 is 14.8 Å². The molecule has 10 nitrogen and oxygen atoms in total. The molecule has 6 atom stereocenters. The van der Waals surface area contributed by atoms with Gasteiger partial charge in [0.25, 0.3) is 0 Å². The predicted octanol–water partition coefficient (Wildman–Crippen LogP) is 5.65. The van der Waals surface area contributed by atoms with Crippen LogP contribution in [-0.2, 0) is 20.2 Å². The third-order valence-electron chi connectivity index (χ3n) is 9.51. The Balaban J connectivity index is 1.63. The monoisotopic (exact) mass is 652 g/mol. The van der Waals surface area contributed by atoms with Crippen LogP contribution in [0, 0.1) is 17.3 Å². The molecule has 0 unspecified atom stereocenters. The highest BCUT2D eigenvalue weighted by atomic mass is 19.3. The van der Waals surface area contributed by atoms with Gasteiger partial charge in [0.1, 0.15) is 29.8 Å². The van der Waals surface area contributed by atoms with Crippen molar-refractivity contribution in [2.75, 3.05) is 13.7 Å². The first-order chi connectivity index (χ1) is 21.5. The fraction of sp³-hybridized carbons (Fsp3) is 0.656. The molecule has 2 amide bonds. The molecule has 2 fully saturated rings. The van der Waals surface area contributed by atoms with Gasteiger partial charge in [0.05, 0.1) is 30.7 Å². The summed E-state index contributed by atoms with van der Waals surface area (Å²) in [5.41, 5.74) is -3.16. The number of rotatable bonds is 3. The van der Waals surface area contributed by atoms with Crippen LogP contribution in [0.2, 0.25) is 0 Å². The Labute approximate surface area is 264 Å². The first-order valence-corrected chi connectivity index (χ1v) is 15.5. The lowest BCUT2D eigenvalue weighted by Crippen LogP contribution is -2.56. The third kappa shape index (κ3) is 6.06. The highest BCUT2D eigenvalue weighted by Gasteiger charge is 2.61. The third-order valence-corrected chi connectivity index (χ3v) is 9.51. The van der Waals surface area contributed by atoms with Gasteiger partial charge in [-0.2, -0.15) is 17.6 Å². The summed E-state index contributed by atoms with van der Waals surface area (Å²) in [6.45, 7) is 8.34. The lowest BCUT2D eigenvalue weighted by Gasteiger charge is -2.35. The van der Waals surface area contributed by atoms with E-state index >= 15 is 17.6 Å². The van der Waals surface area contributed by atoms with Crippen molar-refractivity contribution in [3.63, 3.8) is 0 Å². The molecule has 1 N–H and O–H groups in total. The molecule has 5 rings (SSSR count). The molecule has 252 valence electrons. The highest BCUT2D eigenvalue weighted by Crippen LogP contribution is 2.52. The fourth-order valence-electron chi connectivity index (χ4n) is 6.55. The maximum Gasteiger partial charge on any atom is 0.408 e. The summed E-state index contributed by atoms with van der Waals surface area (Å²) in [6, 6.07) is 2.02. The molecule has 2 aromatic rings. The van der Waals surface area contributed by atoms with Crippen LogP contribution in [0.15, 0.2) is 18.2 Å². The van der Waals surface area contributed by atoms with Crippen LogP contribution in [0.5, 0.6) is 11.6 Å². The van der Waals surface area contributed by atoms with E-state index in [-0.39, 0.29) is 42.8 Å². The van der Waals surface area contributed by atoms with Crippen LogP contribution in [0.4, 0.5) is 22.4 Å². The number of methoxy groups -OCH3 is 1. The first-order valence-electron chi connectivity index (χ1n) is 15.5. The van der Waals surface area contributed by atoms with Crippen molar-refractivity contribution >= 4 is 29.3 Å². The number of benzene rings is 1. The topological polar surface area (TPSA) is 120 Å². The van der Waals surface area contributed by atoms with E-state index in [1.165, 1.54) is 30.2 Å². The minimum absolute atomic E-state index is 0.0637. The minimum Gasteiger partial charge on any atom is -0.497 e. The number of carbonyl (C=O) groups excluding carboxylic acids is 3. The van der Waals surface area contributed by atoms with Gasteiger partial charge in [-0.15, -0.1) is 0 Å². The van der Waals surface area contributed by atoms with Gasteiger partial charge < -0.3 is 29.2 Å². The average molecular weight is 653 g/mol. The molecule has 1 aliphatic carbocycles. The quantitative estimate of drug-likeness (QED) is 0.334. The van der Waals surface area contributed by atoms with Gasteiger partial charge in [-0.05, 0) is 50.2 Å². The van der Waals surface area contributed by atoms with Gasteiger partial charge in [-0.3, -0.25) is 4.79 Å². The van der Waals surface area contributed by atoms with E-state index in [2.05, 4.69) is 15.3 Å². The molecule has 1 aromatic heterocycles. The van der Waals surface area contributed by atoms with E-state index in [0.29, 0.717) is 18.5 Å². The molecule has 1 saturated carbocycles. The zero-order valence-corrected chi connectivity index (χ0v) is 26.7. The van der Waals surface area contributed by atoms with Crippen molar-refractivity contribution in [3.05, 3.63) is 23.9 Å². The van der Waals surface area contributed by atoms with E-state index in [9.17, 15) is 14.4 Å². The summed E-state index contributed by atoms with van der Waals surface area (Å²) in [6.07, 6.45) is -2.11. The summed E-state index contributed by atoms with van der Waals surface area (Å²) >= 11 is 0. The minimum atomic E-state index is -4.80. The van der Waals surface area contributed by atoms with E-state index in [4.69, 9.17) is 14.2 Å². The van der Waals surface area contributed by atoms with E-state index in [0.717, 1.165) is 0 Å². The molecule has 0 radical (unpaired) electrons. The van der Waals surface area contributed by atoms with Crippen LogP contribution in [0.3, 0.4) is 0 Å². The standard InChI is InChI=1S/C32H40F4N4O6/c1-7-19-22(16-41)40-15-23(19)45-26-24(37-20-11-10-18(44-6)13-21(20)38-26)32(35,36)31(33,34)12-8-9-17-14-30(17,5)46-28(43)39-25(27(40)42)29(2,3)4/h10-11,13,16-17,19,22-23,25H,7-9,12,14-15H2,1-6H3,(H,39,43)/t17-,19+,22-,23+,25-,30-/m1/s1. The molecular weight excluding hydrogens is 612 g/mol. The SMILES string of the molecule is CC[C@@H]1[C@@H]2CN(C(=O)[C@H](C(C)(C)C)NC(=O)O[C@]3(C)C[C@H]3CCCC(F)(F)C(F)(F)c3nc4ccc(OC)cc4nc3O2)[C@@H]1C=O. The van der Waals surface area contributed by atoms with Crippen molar-refractivity contribution in [2.24, 2.45) is 17.3 Å². The predicted molar refractivity (Wildman–Crippen MR) is 158 cm³/mol. The Bertz CT molecular complexity index is 1520. The Hall–Kier alpha value is -3.71. The van der Waals surface area contributed by atoms with Crippen molar-refractivity contribution in [2.45, 2.75) is 102 Å². The molecule has 14 heteroatoms. The van der Waals surface area contributed by atoms with E-state index in [1.54, 1.807) is 34.6 Å². The second-order valence-electron chi connectivity index (χ2n) is 13.8. The largest absolute Gasteiger partial charge is 0.497 e. The second kappa shape index (κ2) is 11.8. The van der Waals surface area contributed by atoms with Gasteiger partial charge >= 0.3 is 17.9 Å². The number of nitrogens with one attached hydrogen (secondary N) is 1. The zero-order valence-electron chi connectivity index (χ0n) is 26.7. The fourth-order valence-corrected chi connectivity index (χ4v) is 6.55. The number of carbonyl (C=O) groups is 3. The maximum absolute atomic E-state index is 16.0. The Morgan fingerprint density at radius 2 is 1.87 bits per heavy atom. The number of amides is 2. The number of alkyl carbamates (subject to hydrolysis) is 1. The van der Waals surface area contributed by atoms with Gasteiger partial charge in [-0.25, -0.2) is 14.8 Å². The molecule has 2 aliphatic heterocycles. The molecule has 0 spiro atoms. The normalized spacial score (nSPS) is 31.3. The Morgan fingerprint density at radius 3 is 2.50 bits per heavy atom. The average Bonchev–Trinajstić information content (AvgIpc) is 3.46. The van der Waals surface area contributed by atoms with Gasteiger partial charge in [0.2, 0.25) is 11.8 Å². The number of hydrogen-bond acceptors (Lipinski definition) is 8. The summed E-state index contributed by atoms with van der Waals surface area (Å²) < 4.78 is 79.7. The van der Waals surface area contributed by atoms with Crippen LogP contribution >= 0.6 is 0 Å². The van der Waals surface area contributed by atoms with Crippen LogP contribution in [0.25, 0.3) is 11.0 Å². The molecular formula is C32H40F4N4O6. The number of aldehydes is 1. The smallest absolute Gasteiger partial charge is 0.408 e. The number of halogens is 4. The molecule has 46 heavy (non-hydrogen) atoms. The van der Waals surface area contributed by atoms with Gasteiger partial charge in [0.15, 0.2) is 5.69 Å². The zero-order chi connectivity index (χ0) is 33.8. The second-order valence-corrected chi connectivity index (χ2v) is 13.8. The lowest BCUT2D eigenvalue weighted by molar-refractivity contribution is -0.223. The van der Waals surface area contributed by atoms with Crippen molar-refractivity contribution in [1.29, 1.82) is 0 Å². The number of ether oxygens (including phenoxy) is 3. The first kappa shape index (κ1) is 33.6. The number of fused-ring (bicyclic) bond motifs is 5. The van der Waals surface area contributed by atoms with Crippen molar-refractivity contribution in [3.8, 4) is 11.6 Å². The lowest BCUT2D eigenvalue weighted by atomic mass is 9.85. The summed E-state index contributed by atoms with van der Waals surface area (Å²) in [5, 5.41) is 2.66. The maximum atomic E-state index is 16.0. The number of aromatic nitrogens is 2. The van der Waals surface area contributed by atoms with Crippen molar-refractivity contribution < 1.29 is 46.2 Å². The molecule has 2 bridgehead atoms. The summed E-state index contributed by atoms with van der Waals surface area (Å²) in [5.74, 6) is -11.5. The number of alkyl halides is 4. The molecule has 3 heterocycles. The molecule has 1 aromatic carbocycles. The number of nitrogens with zero attached hydrogens (tertiary/aromatic N) is 3. The summed E-state index contributed by atoms with van der Waals surface area (Å²) in [7, 11) is 1.40. The number of hydrogen-bond donors (Lipinski definition) is 1. The Kier molecular flexibility index (Phi) is 8.65. The molecule has 1 saturated heterocycles. The van der Waals surface area contributed by atoms with Crippen molar-refractivity contribution in [1.82, 2.24) is 20.2 Å². The molecule has 3 aliphatic rings. The summed E-state index contributed by atoms with van der Waals surface area (Å²) in [4.78, 5) is 48.9. The highest BCUT2D eigenvalue weighted by molar-refractivity contribution is 5.89.